The SMILES string of the molecule is Cc1nc(CCC(=O)N(C)C[C@@H]2CCN(c3ccccc3)C2)n[nH]1. The molecule has 1 N–H and O–H groups in total. The quantitative estimate of drug-likeness (QED) is 0.882. The fourth-order valence-corrected chi connectivity index (χ4v) is 3.25. The number of benzene rings is 1. The molecule has 2 aromatic rings. The molecule has 0 spiro atoms. The molecule has 1 fully saturated rings. The van der Waals surface area contributed by atoms with Crippen molar-refractivity contribution in [2.24, 2.45) is 5.92 Å². The maximum Gasteiger partial charge on any atom is 0.222 e. The number of rotatable bonds is 6. The number of amides is 1. The summed E-state index contributed by atoms with van der Waals surface area (Å²) in [6.45, 7) is 4.76. The van der Waals surface area contributed by atoms with Gasteiger partial charge < -0.3 is 9.80 Å². The second-order valence-corrected chi connectivity index (χ2v) is 6.55. The van der Waals surface area contributed by atoms with Crippen LogP contribution in [0.25, 0.3) is 0 Å². The fourth-order valence-electron chi connectivity index (χ4n) is 3.25. The molecule has 1 aliphatic heterocycles. The topological polar surface area (TPSA) is 65.1 Å². The lowest BCUT2D eigenvalue weighted by atomic mass is 10.1. The largest absolute Gasteiger partial charge is 0.371 e. The number of aromatic nitrogens is 3. The molecule has 1 aromatic heterocycles. The molecule has 2 heterocycles. The summed E-state index contributed by atoms with van der Waals surface area (Å²) in [4.78, 5) is 20.8. The Kier molecular flexibility index (Phi) is 5.13. The van der Waals surface area contributed by atoms with Gasteiger partial charge in [0, 0.05) is 45.2 Å². The Morgan fingerprint density at radius 2 is 2.17 bits per heavy atom. The van der Waals surface area contributed by atoms with Gasteiger partial charge in [-0.05, 0) is 31.4 Å². The first kappa shape index (κ1) is 16.5. The number of para-hydroxylation sites is 1. The Bertz CT molecular complexity index is 669. The van der Waals surface area contributed by atoms with Crippen LogP contribution in [0.4, 0.5) is 5.69 Å². The van der Waals surface area contributed by atoms with E-state index in [0.29, 0.717) is 24.6 Å². The number of anilines is 1. The lowest BCUT2D eigenvalue weighted by molar-refractivity contribution is -0.130. The zero-order valence-electron chi connectivity index (χ0n) is 14.4. The maximum absolute atomic E-state index is 12.3. The Morgan fingerprint density at radius 3 is 2.88 bits per heavy atom. The molecule has 0 saturated carbocycles. The Morgan fingerprint density at radius 1 is 1.38 bits per heavy atom. The molecule has 6 heteroatoms. The van der Waals surface area contributed by atoms with E-state index in [9.17, 15) is 4.79 Å². The molecule has 0 unspecified atom stereocenters. The van der Waals surface area contributed by atoms with Crippen LogP contribution in [0.1, 0.15) is 24.5 Å². The van der Waals surface area contributed by atoms with Crippen molar-refractivity contribution in [2.75, 3.05) is 31.6 Å². The normalized spacial score (nSPS) is 17.2. The molecule has 6 nitrogen and oxygen atoms in total. The molecule has 0 aliphatic carbocycles. The summed E-state index contributed by atoms with van der Waals surface area (Å²) in [6, 6.07) is 10.5. The molecule has 0 bridgehead atoms. The first-order valence-corrected chi connectivity index (χ1v) is 8.53. The number of carbonyl (C=O) groups excluding carboxylic acids is 1. The van der Waals surface area contributed by atoms with Gasteiger partial charge >= 0.3 is 0 Å². The summed E-state index contributed by atoms with van der Waals surface area (Å²) < 4.78 is 0. The van der Waals surface area contributed by atoms with Crippen LogP contribution in [0.2, 0.25) is 0 Å². The van der Waals surface area contributed by atoms with Crippen LogP contribution >= 0.6 is 0 Å². The van der Waals surface area contributed by atoms with Crippen molar-refractivity contribution in [1.82, 2.24) is 20.1 Å². The van der Waals surface area contributed by atoms with Crippen LogP contribution in [0.15, 0.2) is 30.3 Å². The highest BCUT2D eigenvalue weighted by atomic mass is 16.2. The van der Waals surface area contributed by atoms with E-state index in [-0.39, 0.29) is 5.91 Å². The molecule has 3 rings (SSSR count). The van der Waals surface area contributed by atoms with Gasteiger partial charge in [-0.15, -0.1) is 0 Å². The van der Waals surface area contributed by atoms with Gasteiger partial charge in [0.2, 0.25) is 5.91 Å². The standard InChI is InChI=1S/C18H25N5O/c1-14-19-17(21-20-14)8-9-18(24)22(2)12-15-10-11-23(13-15)16-6-4-3-5-7-16/h3-7,15H,8-13H2,1-2H3,(H,19,20,21)/t15-/m0/s1. The first-order valence-electron chi connectivity index (χ1n) is 8.53. The monoisotopic (exact) mass is 327 g/mol. The molecular weight excluding hydrogens is 302 g/mol. The lowest BCUT2D eigenvalue weighted by Gasteiger charge is -2.22. The van der Waals surface area contributed by atoms with Gasteiger partial charge in [-0.2, -0.15) is 5.10 Å². The van der Waals surface area contributed by atoms with Crippen LogP contribution in [0.5, 0.6) is 0 Å². The molecular formula is C18H25N5O. The van der Waals surface area contributed by atoms with Crippen molar-refractivity contribution < 1.29 is 4.79 Å². The number of hydrogen-bond donors (Lipinski definition) is 1. The van der Waals surface area contributed by atoms with Gasteiger partial charge in [0.25, 0.3) is 0 Å². The van der Waals surface area contributed by atoms with Crippen LogP contribution in [0, 0.1) is 12.8 Å². The third-order valence-electron chi connectivity index (χ3n) is 4.57. The highest BCUT2D eigenvalue weighted by molar-refractivity contribution is 5.76. The van der Waals surface area contributed by atoms with Crippen molar-refractivity contribution in [3.8, 4) is 0 Å². The van der Waals surface area contributed by atoms with Crippen molar-refractivity contribution >= 4 is 11.6 Å². The minimum absolute atomic E-state index is 0.163. The molecule has 1 aromatic carbocycles. The van der Waals surface area contributed by atoms with Crippen LogP contribution in [-0.2, 0) is 11.2 Å². The van der Waals surface area contributed by atoms with E-state index in [1.165, 1.54) is 5.69 Å². The van der Waals surface area contributed by atoms with Crippen molar-refractivity contribution in [2.45, 2.75) is 26.2 Å². The van der Waals surface area contributed by atoms with E-state index >= 15 is 0 Å². The summed E-state index contributed by atoms with van der Waals surface area (Å²) in [5.41, 5.74) is 1.27. The second-order valence-electron chi connectivity index (χ2n) is 6.55. The van der Waals surface area contributed by atoms with Crippen LogP contribution in [-0.4, -0.2) is 52.7 Å². The van der Waals surface area contributed by atoms with E-state index in [1.807, 2.05) is 24.9 Å². The van der Waals surface area contributed by atoms with Crippen LogP contribution < -0.4 is 4.90 Å². The lowest BCUT2D eigenvalue weighted by Crippen LogP contribution is -2.33. The Balaban J connectivity index is 1.44. The van der Waals surface area contributed by atoms with Gasteiger partial charge in [-0.25, -0.2) is 4.98 Å². The number of aryl methyl sites for hydroxylation is 2. The van der Waals surface area contributed by atoms with Gasteiger partial charge in [-0.3, -0.25) is 9.89 Å². The smallest absolute Gasteiger partial charge is 0.222 e. The summed E-state index contributed by atoms with van der Waals surface area (Å²) in [7, 11) is 1.90. The molecule has 1 amide bonds. The minimum atomic E-state index is 0.163. The number of aromatic amines is 1. The third-order valence-corrected chi connectivity index (χ3v) is 4.57. The third kappa shape index (κ3) is 4.13. The van der Waals surface area contributed by atoms with E-state index in [1.54, 1.807) is 0 Å². The average molecular weight is 327 g/mol. The zero-order chi connectivity index (χ0) is 16.9. The number of nitrogens with zero attached hydrogens (tertiary/aromatic N) is 4. The van der Waals surface area contributed by atoms with E-state index in [0.717, 1.165) is 31.9 Å². The molecule has 128 valence electrons. The molecule has 0 radical (unpaired) electrons. The van der Waals surface area contributed by atoms with E-state index < -0.39 is 0 Å². The van der Waals surface area contributed by atoms with Crippen molar-refractivity contribution in [3.63, 3.8) is 0 Å². The fraction of sp³-hybridized carbons (Fsp3) is 0.500. The van der Waals surface area contributed by atoms with Gasteiger partial charge in [-0.1, -0.05) is 18.2 Å². The highest BCUT2D eigenvalue weighted by Gasteiger charge is 2.25. The number of nitrogens with one attached hydrogen (secondary N) is 1. The molecule has 1 saturated heterocycles. The average Bonchev–Trinajstić information content (AvgIpc) is 3.22. The summed E-state index contributed by atoms with van der Waals surface area (Å²) in [5, 5.41) is 6.89. The summed E-state index contributed by atoms with van der Waals surface area (Å²) in [6.07, 6.45) is 2.18. The maximum atomic E-state index is 12.3. The number of hydrogen-bond acceptors (Lipinski definition) is 4. The van der Waals surface area contributed by atoms with Gasteiger partial charge in [0.05, 0.1) is 0 Å². The molecule has 1 atom stereocenters. The number of carbonyl (C=O) groups is 1. The zero-order valence-corrected chi connectivity index (χ0v) is 14.4. The Labute approximate surface area is 142 Å². The minimum Gasteiger partial charge on any atom is -0.371 e. The number of H-pyrrole nitrogens is 1. The molecule has 24 heavy (non-hydrogen) atoms. The predicted molar refractivity (Wildman–Crippen MR) is 93.8 cm³/mol. The van der Waals surface area contributed by atoms with Crippen LogP contribution in [0.3, 0.4) is 0 Å². The summed E-state index contributed by atoms with van der Waals surface area (Å²) in [5.74, 6) is 2.20. The highest BCUT2D eigenvalue weighted by Crippen LogP contribution is 2.24. The van der Waals surface area contributed by atoms with Gasteiger partial charge in [0.15, 0.2) is 5.82 Å². The van der Waals surface area contributed by atoms with Crippen molar-refractivity contribution in [1.29, 1.82) is 0 Å². The van der Waals surface area contributed by atoms with E-state index in [2.05, 4.69) is 44.3 Å². The summed E-state index contributed by atoms with van der Waals surface area (Å²) >= 11 is 0. The Hall–Kier alpha value is -2.37. The second kappa shape index (κ2) is 7.47. The predicted octanol–water partition coefficient (Wildman–Crippen LogP) is 2.03. The molecule has 1 aliphatic rings. The van der Waals surface area contributed by atoms with Gasteiger partial charge in [0.1, 0.15) is 5.82 Å². The van der Waals surface area contributed by atoms with Crippen molar-refractivity contribution in [3.05, 3.63) is 42.0 Å². The van der Waals surface area contributed by atoms with E-state index in [4.69, 9.17) is 0 Å². The first-order chi connectivity index (χ1) is 11.6.